The summed E-state index contributed by atoms with van der Waals surface area (Å²) in [6, 6.07) is 10.8. The number of hydrogen-bond donors (Lipinski definition) is 1. The molecule has 2 amide bonds. The molecule has 0 heterocycles. The van der Waals surface area contributed by atoms with Gasteiger partial charge in [-0.1, -0.05) is 29.8 Å². The maximum atomic E-state index is 13.7. The molecule has 0 saturated heterocycles. The van der Waals surface area contributed by atoms with Crippen molar-refractivity contribution in [2.24, 2.45) is 0 Å². The van der Waals surface area contributed by atoms with Crippen LogP contribution in [0.5, 0.6) is 0 Å². The van der Waals surface area contributed by atoms with E-state index < -0.39 is 39.9 Å². The number of rotatable bonds is 8. The average molecular weight is 498 g/mol. The number of amides is 2. The van der Waals surface area contributed by atoms with Gasteiger partial charge in [0.2, 0.25) is 21.8 Å². The molecule has 2 rings (SSSR count). The molecular formula is C23H29ClFN3O4S. The standard InChI is InChI=1S/C23H29ClFN3O4S/c1-16(22(30)26-23(2,3)4)27(14-17-9-11-18(24)12-10-17)21(29)15-28(33(5,31)32)20-8-6-7-19(25)13-20/h6-13,16H,14-15H2,1-5H3,(H,26,30)/t16-/m0/s1. The molecule has 0 aliphatic rings. The van der Waals surface area contributed by atoms with Crippen molar-refractivity contribution in [3.05, 3.63) is 64.9 Å². The predicted octanol–water partition coefficient (Wildman–Crippen LogP) is 3.58. The number of halogens is 2. The summed E-state index contributed by atoms with van der Waals surface area (Å²) in [6.07, 6.45) is 0.935. The lowest BCUT2D eigenvalue weighted by Crippen LogP contribution is -2.54. The summed E-state index contributed by atoms with van der Waals surface area (Å²) in [5.74, 6) is -1.64. The highest BCUT2D eigenvalue weighted by Gasteiger charge is 2.31. The van der Waals surface area contributed by atoms with Crippen molar-refractivity contribution in [2.45, 2.75) is 45.8 Å². The molecule has 0 aromatic heterocycles. The first-order valence-corrected chi connectivity index (χ1v) is 12.5. The summed E-state index contributed by atoms with van der Waals surface area (Å²) in [7, 11) is -3.92. The second-order valence-electron chi connectivity index (χ2n) is 8.81. The number of carbonyl (C=O) groups excluding carboxylic acids is 2. The van der Waals surface area contributed by atoms with Gasteiger partial charge in [0, 0.05) is 17.1 Å². The maximum absolute atomic E-state index is 13.7. The number of hydrogen-bond acceptors (Lipinski definition) is 4. The maximum Gasteiger partial charge on any atom is 0.244 e. The van der Waals surface area contributed by atoms with Gasteiger partial charge in [-0.15, -0.1) is 0 Å². The van der Waals surface area contributed by atoms with Gasteiger partial charge in [-0.25, -0.2) is 12.8 Å². The monoisotopic (exact) mass is 497 g/mol. The Balaban J connectivity index is 2.39. The Morgan fingerprint density at radius 3 is 2.24 bits per heavy atom. The first-order valence-electron chi connectivity index (χ1n) is 10.3. The van der Waals surface area contributed by atoms with Crippen LogP contribution in [-0.4, -0.2) is 49.5 Å². The van der Waals surface area contributed by atoms with Gasteiger partial charge in [-0.05, 0) is 63.6 Å². The van der Waals surface area contributed by atoms with Crippen LogP contribution < -0.4 is 9.62 Å². The SMILES string of the molecule is C[C@@H](C(=O)NC(C)(C)C)N(Cc1ccc(Cl)cc1)C(=O)CN(c1cccc(F)c1)S(C)(=O)=O. The number of anilines is 1. The molecule has 10 heteroatoms. The van der Waals surface area contributed by atoms with E-state index >= 15 is 0 Å². The number of carbonyl (C=O) groups is 2. The predicted molar refractivity (Wildman–Crippen MR) is 128 cm³/mol. The summed E-state index contributed by atoms with van der Waals surface area (Å²) >= 11 is 5.95. The van der Waals surface area contributed by atoms with Crippen LogP contribution in [0.1, 0.15) is 33.3 Å². The van der Waals surface area contributed by atoms with Crippen molar-refractivity contribution in [1.82, 2.24) is 10.2 Å². The smallest absolute Gasteiger partial charge is 0.244 e. The first-order chi connectivity index (χ1) is 15.2. The zero-order chi connectivity index (χ0) is 25.0. The molecule has 180 valence electrons. The second-order valence-corrected chi connectivity index (χ2v) is 11.2. The van der Waals surface area contributed by atoms with Crippen LogP contribution in [-0.2, 0) is 26.2 Å². The lowest BCUT2D eigenvalue weighted by atomic mass is 10.1. The molecule has 1 N–H and O–H groups in total. The Hall–Kier alpha value is -2.65. The van der Waals surface area contributed by atoms with Crippen molar-refractivity contribution in [1.29, 1.82) is 0 Å². The Morgan fingerprint density at radius 1 is 1.12 bits per heavy atom. The van der Waals surface area contributed by atoms with E-state index in [2.05, 4.69) is 5.32 Å². The van der Waals surface area contributed by atoms with E-state index in [0.29, 0.717) is 10.6 Å². The molecule has 2 aromatic carbocycles. The molecule has 0 fully saturated rings. The average Bonchev–Trinajstić information content (AvgIpc) is 2.68. The molecule has 0 aliphatic carbocycles. The number of nitrogens with zero attached hydrogens (tertiary/aromatic N) is 2. The first kappa shape index (κ1) is 26.6. The molecular weight excluding hydrogens is 469 g/mol. The summed E-state index contributed by atoms with van der Waals surface area (Å²) < 4.78 is 39.4. The van der Waals surface area contributed by atoms with Gasteiger partial charge in [0.25, 0.3) is 0 Å². The Bertz CT molecular complexity index is 1100. The fourth-order valence-electron chi connectivity index (χ4n) is 3.09. The van der Waals surface area contributed by atoms with Crippen molar-refractivity contribution in [2.75, 3.05) is 17.1 Å². The summed E-state index contributed by atoms with van der Waals surface area (Å²) in [5, 5.41) is 3.35. The minimum atomic E-state index is -3.92. The zero-order valence-electron chi connectivity index (χ0n) is 19.3. The van der Waals surface area contributed by atoms with Gasteiger partial charge in [0.05, 0.1) is 11.9 Å². The van der Waals surface area contributed by atoms with Crippen LogP contribution in [0.3, 0.4) is 0 Å². The van der Waals surface area contributed by atoms with Crippen molar-refractivity contribution in [3.8, 4) is 0 Å². The number of benzene rings is 2. The summed E-state index contributed by atoms with van der Waals surface area (Å²) in [6.45, 7) is 6.48. The third kappa shape index (κ3) is 8.01. The largest absolute Gasteiger partial charge is 0.350 e. The van der Waals surface area contributed by atoms with E-state index in [1.165, 1.54) is 23.1 Å². The topological polar surface area (TPSA) is 86.8 Å². The highest BCUT2D eigenvalue weighted by molar-refractivity contribution is 7.92. The fraction of sp³-hybridized carbons (Fsp3) is 0.391. The molecule has 0 bridgehead atoms. The molecule has 33 heavy (non-hydrogen) atoms. The second kappa shape index (κ2) is 10.5. The van der Waals surface area contributed by atoms with E-state index in [-0.39, 0.29) is 18.1 Å². The lowest BCUT2D eigenvalue weighted by molar-refractivity contribution is -0.140. The third-order valence-corrected chi connectivity index (χ3v) is 6.10. The molecule has 2 aromatic rings. The van der Waals surface area contributed by atoms with Gasteiger partial charge >= 0.3 is 0 Å². The lowest BCUT2D eigenvalue weighted by Gasteiger charge is -2.33. The molecule has 7 nitrogen and oxygen atoms in total. The van der Waals surface area contributed by atoms with Crippen molar-refractivity contribution in [3.63, 3.8) is 0 Å². The van der Waals surface area contributed by atoms with Gasteiger partial charge in [0.15, 0.2) is 0 Å². The fourth-order valence-corrected chi connectivity index (χ4v) is 4.06. The molecule has 0 saturated carbocycles. The van der Waals surface area contributed by atoms with Crippen molar-refractivity contribution >= 4 is 39.1 Å². The van der Waals surface area contributed by atoms with Crippen LogP contribution in [0, 0.1) is 5.82 Å². The van der Waals surface area contributed by atoms with Gasteiger partial charge < -0.3 is 10.2 Å². The van der Waals surface area contributed by atoms with E-state index in [1.807, 2.05) is 20.8 Å². The van der Waals surface area contributed by atoms with E-state index in [0.717, 1.165) is 16.6 Å². The van der Waals surface area contributed by atoms with E-state index in [4.69, 9.17) is 11.6 Å². The molecule has 0 aliphatic heterocycles. The molecule has 1 atom stereocenters. The minimum Gasteiger partial charge on any atom is -0.350 e. The normalized spacial score (nSPS) is 12.7. The quantitative estimate of drug-likeness (QED) is 0.604. The minimum absolute atomic E-state index is 0.0177. The van der Waals surface area contributed by atoms with E-state index in [1.54, 1.807) is 31.2 Å². The van der Waals surface area contributed by atoms with Gasteiger partial charge in [-0.2, -0.15) is 0 Å². The Morgan fingerprint density at radius 2 is 1.73 bits per heavy atom. The summed E-state index contributed by atoms with van der Waals surface area (Å²) in [4.78, 5) is 27.5. The highest BCUT2D eigenvalue weighted by atomic mass is 35.5. The third-order valence-electron chi connectivity index (χ3n) is 4.71. The van der Waals surface area contributed by atoms with Crippen LogP contribution in [0.25, 0.3) is 0 Å². The van der Waals surface area contributed by atoms with Crippen LogP contribution in [0.2, 0.25) is 5.02 Å². The van der Waals surface area contributed by atoms with Crippen LogP contribution in [0.15, 0.2) is 48.5 Å². The molecule has 0 radical (unpaired) electrons. The number of nitrogens with one attached hydrogen (secondary N) is 1. The highest BCUT2D eigenvalue weighted by Crippen LogP contribution is 2.20. The number of sulfonamides is 1. The van der Waals surface area contributed by atoms with E-state index in [9.17, 15) is 22.4 Å². The van der Waals surface area contributed by atoms with Crippen LogP contribution >= 0.6 is 11.6 Å². The van der Waals surface area contributed by atoms with Gasteiger partial charge in [-0.3, -0.25) is 13.9 Å². The zero-order valence-corrected chi connectivity index (χ0v) is 20.9. The van der Waals surface area contributed by atoms with Crippen LogP contribution in [0.4, 0.5) is 10.1 Å². The van der Waals surface area contributed by atoms with Crippen molar-refractivity contribution < 1.29 is 22.4 Å². The molecule has 0 spiro atoms. The summed E-state index contributed by atoms with van der Waals surface area (Å²) in [5.41, 5.74) is 0.199. The molecule has 0 unspecified atom stereocenters. The Labute approximate surface area is 199 Å². The Kier molecular flexibility index (Phi) is 8.48. The van der Waals surface area contributed by atoms with Gasteiger partial charge in [0.1, 0.15) is 18.4 Å².